The summed E-state index contributed by atoms with van der Waals surface area (Å²) in [5, 5.41) is 4.26. The Morgan fingerprint density at radius 2 is 1.46 bits per heavy atom. The fourth-order valence-corrected chi connectivity index (χ4v) is 5.87. The molecule has 28 heavy (non-hydrogen) atoms. The smallest absolute Gasteiger partial charge is 0.246 e. The molecule has 0 unspecified atom stereocenters. The highest BCUT2D eigenvalue weighted by atomic mass is 32.2. The van der Waals surface area contributed by atoms with Gasteiger partial charge in [-0.25, -0.2) is 18.4 Å². The number of hydrogen-bond acceptors (Lipinski definition) is 7. The molecule has 0 N–H and O–H groups in total. The van der Waals surface area contributed by atoms with E-state index < -0.39 is 10.0 Å². The Hall–Kier alpha value is -2.20. The molecule has 9 nitrogen and oxygen atoms in total. The Balaban J connectivity index is 1.48. The van der Waals surface area contributed by atoms with E-state index >= 15 is 0 Å². The van der Waals surface area contributed by atoms with Gasteiger partial charge in [-0.05, 0) is 26.7 Å². The summed E-state index contributed by atoms with van der Waals surface area (Å²) in [6.45, 7) is 7.68. The third-order valence-corrected chi connectivity index (χ3v) is 7.82. The number of sulfonamides is 1. The largest absolute Gasteiger partial charge is 0.356 e. The van der Waals surface area contributed by atoms with Crippen molar-refractivity contribution in [3.05, 3.63) is 23.8 Å². The Labute approximate surface area is 166 Å². The molecule has 2 aliphatic rings. The van der Waals surface area contributed by atoms with Gasteiger partial charge in [0.25, 0.3) is 0 Å². The minimum absolute atomic E-state index is 0.335. The normalized spacial score (nSPS) is 18.8. The fraction of sp³-hybridized carbons (Fsp3) is 0.611. The molecular formula is C18H27N7O2S. The molecule has 0 aliphatic carbocycles. The molecule has 10 heteroatoms. The number of hydrogen-bond donors (Lipinski definition) is 0. The molecule has 0 aromatic carbocycles. The lowest BCUT2D eigenvalue weighted by molar-refractivity contribution is 0.383. The summed E-state index contributed by atoms with van der Waals surface area (Å²) in [4.78, 5) is 13.6. The van der Waals surface area contributed by atoms with E-state index in [-0.39, 0.29) is 0 Å². The number of piperazine rings is 1. The molecule has 0 atom stereocenters. The van der Waals surface area contributed by atoms with E-state index in [0.717, 1.165) is 24.7 Å². The second-order valence-electron chi connectivity index (χ2n) is 7.44. The second kappa shape index (κ2) is 7.32. The van der Waals surface area contributed by atoms with Gasteiger partial charge in [0.2, 0.25) is 10.0 Å². The first-order chi connectivity index (χ1) is 13.4. The van der Waals surface area contributed by atoms with Crippen LogP contribution in [0.15, 0.2) is 17.3 Å². The number of aromatic nitrogens is 4. The summed E-state index contributed by atoms with van der Waals surface area (Å²) in [6.07, 6.45) is 4.00. The summed E-state index contributed by atoms with van der Waals surface area (Å²) < 4.78 is 29.5. The van der Waals surface area contributed by atoms with Crippen molar-refractivity contribution in [2.24, 2.45) is 7.05 Å². The van der Waals surface area contributed by atoms with Crippen LogP contribution in [0.1, 0.15) is 24.2 Å². The molecule has 2 saturated heterocycles. The van der Waals surface area contributed by atoms with Gasteiger partial charge >= 0.3 is 0 Å². The second-order valence-corrected chi connectivity index (χ2v) is 9.32. The van der Waals surface area contributed by atoms with Crippen LogP contribution in [-0.2, 0) is 17.1 Å². The third-order valence-electron chi connectivity index (χ3n) is 5.67. The standard InChI is InChI=1S/C18H27N7O2S/c1-14-18(15(2)22(3)21-14)28(26,27)25-10-8-24(9-11-25)17-12-16(19-13-20-17)23-6-4-5-7-23/h12-13H,4-11H2,1-3H3. The number of rotatable bonds is 4. The van der Waals surface area contributed by atoms with Crippen LogP contribution in [0.3, 0.4) is 0 Å². The van der Waals surface area contributed by atoms with Gasteiger partial charge in [-0.1, -0.05) is 0 Å². The van der Waals surface area contributed by atoms with Crippen LogP contribution in [0.4, 0.5) is 11.6 Å². The van der Waals surface area contributed by atoms with Crippen molar-refractivity contribution >= 4 is 21.7 Å². The van der Waals surface area contributed by atoms with Gasteiger partial charge in [0.15, 0.2) is 0 Å². The number of anilines is 2. The van der Waals surface area contributed by atoms with Crippen molar-refractivity contribution in [2.45, 2.75) is 31.6 Å². The van der Waals surface area contributed by atoms with Gasteiger partial charge in [0.1, 0.15) is 22.9 Å². The molecule has 2 aromatic heterocycles. The average Bonchev–Trinajstić information content (AvgIpc) is 3.31. The Kier molecular flexibility index (Phi) is 5.00. The minimum Gasteiger partial charge on any atom is -0.356 e. The first-order valence-corrected chi connectivity index (χ1v) is 11.1. The summed E-state index contributed by atoms with van der Waals surface area (Å²) in [7, 11) is -1.78. The first kappa shape index (κ1) is 19.1. The summed E-state index contributed by atoms with van der Waals surface area (Å²) in [5.41, 5.74) is 1.22. The maximum Gasteiger partial charge on any atom is 0.246 e. The topological polar surface area (TPSA) is 87.5 Å². The fourth-order valence-electron chi connectivity index (χ4n) is 4.04. The van der Waals surface area contributed by atoms with E-state index in [2.05, 4.69) is 24.9 Å². The van der Waals surface area contributed by atoms with E-state index in [4.69, 9.17) is 0 Å². The molecule has 152 valence electrons. The number of aryl methyl sites for hydroxylation is 2. The molecular weight excluding hydrogens is 378 g/mol. The molecule has 0 amide bonds. The van der Waals surface area contributed by atoms with Crippen molar-refractivity contribution in [3.63, 3.8) is 0 Å². The maximum atomic E-state index is 13.1. The summed E-state index contributed by atoms with van der Waals surface area (Å²) in [5.74, 6) is 1.82. The van der Waals surface area contributed by atoms with E-state index in [0.29, 0.717) is 42.5 Å². The molecule has 0 saturated carbocycles. The van der Waals surface area contributed by atoms with Crippen molar-refractivity contribution in [1.82, 2.24) is 24.1 Å². The average molecular weight is 406 g/mol. The molecule has 2 aromatic rings. The zero-order valence-electron chi connectivity index (χ0n) is 16.7. The van der Waals surface area contributed by atoms with Crippen molar-refractivity contribution in [3.8, 4) is 0 Å². The van der Waals surface area contributed by atoms with Crippen LogP contribution in [0.25, 0.3) is 0 Å². The van der Waals surface area contributed by atoms with Crippen molar-refractivity contribution in [1.29, 1.82) is 0 Å². The van der Waals surface area contributed by atoms with Gasteiger partial charge in [-0.15, -0.1) is 0 Å². The van der Waals surface area contributed by atoms with Crippen LogP contribution < -0.4 is 9.80 Å². The van der Waals surface area contributed by atoms with Gasteiger partial charge < -0.3 is 9.80 Å². The Morgan fingerprint density at radius 3 is 2.00 bits per heavy atom. The number of nitrogens with zero attached hydrogens (tertiary/aromatic N) is 7. The minimum atomic E-state index is -3.55. The highest BCUT2D eigenvalue weighted by Gasteiger charge is 2.33. The van der Waals surface area contributed by atoms with Gasteiger partial charge in [-0.3, -0.25) is 4.68 Å². The zero-order valence-corrected chi connectivity index (χ0v) is 17.5. The predicted octanol–water partition coefficient (Wildman–Crippen LogP) is 0.938. The molecule has 4 rings (SSSR count). The van der Waals surface area contributed by atoms with Crippen LogP contribution in [-0.4, -0.2) is 71.7 Å². The monoisotopic (exact) mass is 405 g/mol. The molecule has 4 heterocycles. The molecule has 2 fully saturated rings. The van der Waals surface area contributed by atoms with Crippen molar-refractivity contribution < 1.29 is 8.42 Å². The lowest BCUT2D eigenvalue weighted by Crippen LogP contribution is -2.49. The van der Waals surface area contributed by atoms with Crippen LogP contribution >= 0.6 is 0 Å². The predicted molar refractivity (Wildman–Crippen MR) is 107 cm³/mol. The summed E-state index contributed by atoms with van der Waals surface area (Å²) in [6, 6.07) is 2.02. The van der Waals surface area contributed by atoms with E-state index in [1.807, 2.05) is 6.07 Å². The molecule has 0 radical (unpaired) electrons. The van der Waals surface area contributed by atoms with E-state index in [9.17, 15) is 8.42 Å². The van der Waals surface area contributed by atoms with Crippen LogP contribution in [0.2, 0.25) is 0 Å². The third kappa shape index (κ3) is 3.35. The lowest BCUT2D eigenvalue weighted by Gasteiger charge is -2.35. The van der Waals surface area contributed by atoms with Crippen LogP contribution in [0, 0.1) is 13.8 Å². The van der Waals surface area contributed by atoms with Crippen molar-refractivity contribution in [2.75, 3.05) is 49.1 Å². The lowest BCUT2D eigenvalue weighted by atomic mass is 10.3. The van der Waals surface area contributed by atoms with Gasteiger partial charge in [0.05, 0.1) is 11.4 Å². The van der Waals surface area contributed by atoms with Gasteiger partial charge in [0, 0.05) is 52.4 Å². The van der Waals surface area contributed by atoms with E-state index in [1.165, 1.54) is 12.8 Å². The van der Waals surface area contributed by atoms with E-state index in [1.54, 1.807) is 36.2 Å². The first-order valence-electron chi connectivity index (χ1n) is 9.70. The molecule has 0 spiro atoms. The molecule has 0 bridgehead atoms. The molecule has 2 aliphatic heterocycles. The quantitative estimate of drug-likeness (QED) is 0.748. The Bertz CT molecular complexity index is 958. The zero-order chi connectivity index (χ0) is 19.9. The SMILES string of the molecule is Cc1nn(C)c(C)c1S(=O)(=O)N1CCN(c2cc(N3CCCC3)ncn2)CC1. The highest BCUT2D eigenvalue weighted by Crippen LogP contribution is 2.26. The van der Waals surface area contributed by atoms with Crippen LogP contribution in [0.5, 0.6) is 0 Å². The highest BCUT2D eigenvalue weighted by molar-refractivity contribution is 7.89. The van der Waals surface area contributed by atoms with Gasteiger partial charge in [-0.2, -0.15) is 9.40 Å². The summed E-state index contributed by atoms with van der Waals surface area (Å²) >= 11 is 0. The Morgan fingerprint density at radius 1 is 0.893 bits per heavy atom. The maximum absolute atomic E-state index is 13.1.